The molecule has 0 radical (unpaired) electrons. The van der Waals surface area contributed by atoms with Crippen molar-refractivity contribution in [3.63, 3.8) is 0 Å². The first-order valence-electron chi connectivity index (χ1n) is 3.15. The third kappa shape index (κ3) is 1.53. The summed E-state index contributed by atoms with van der Waals surface area (Å²) in [5.41, 5.74) is 0.482. The van der Waals surface area contributed by atoms with Gasteiger partial charge in [-0.05, 0) is 24.8 Å². The van der Waals surface area contributed by atoms with Gasteiger partial charge in [-0.1, -0.05) is 6.07 Å². The van der Waals surface area contributed by atoms with Gasteiger partial charge in [0.1, 0.15) is 11.6 Å². The lowest BCUT2D eigenvalue weighted by molar-refractivity contribution is 0.535. The number of halogens is 2. The van der Waals surface area contributed by atoms with Gasteiger partial charge in [0.2, 0.25) is 0 Å². The van der Waals surface area contributed by atoms with Gasteiger partial charge in [-0.25, -0.2) is 8.78 Å². The second-order valence-electron chi connectivity index (χ2n) is 2.21. The Morgan fingerprint density at radius 1 is 1.27 bits per heavy atom. The Morgan fingerprint density at radius 3 is 2.36 bits per heavy atom. The quantitative estimate of drug-likeness (QED) is 0.590. The van der Waals surface area contributed by atoms with Gasteiger partial charge in [-0.3, -0.25) is 0 Å². The van der Waals surface area contributed by atoms with Crippen LogP contribution in [0.3, 0.4) is 0 Å². The Kier molecular flexibility index (Phi) is 2.49. The third-order valence-corrected chi connectivity index (χ3v) is 2.23. The zero-order valence-electron chi connectivity index (χ0n) is 6.32. The van der Waals surface area contributed by atoms with Crippen LogP contribution in [0.15, 0.2) is 17.0 Å². The van der Waals surface area contributed by atoms with Gasteiger partial charge in [-0.15, -0.1) is 11.8 Å². The Balaban J connectivity index is 3.29. The van der Waals surface area contributed by atoms with Crippen molar-refractivity contribution in [2.24, 2.45) is 0 Å². The average molecular weight is 174 g/mol. The van der Waals surface area contributed by atoms with E-state index in [1.165, 1.54) is 12.1 Å². The van der Waals surface area contributed by atoms with Gasteiger partial charge in [0.05, 0.1) is 4.90 Å². The first-order chi connectivity index (χ1) is 5.16. The summed E-state index contributed by atoms with van der Waals surface area (Å²) in [4.78, 5) is 0.102. The monoisotopic (exact) mass is 174 g/mol. The summed E-state index contributed by atoms with van der Waals surface area (Å²) in [6, 6.07) is 2.72. The van der Waals surface area contributed by atoms with Crippen LogP contribution in [-0.2, 0) is 0 Å². The minimum absolute atomic E-state index is 0.102. The van der Waals surface area contributed by atoms with E-state index in [-0.39, 0.29) is 4.90 Å². The first-order valence-corrected chi connectivity index (χ1v) is 4.38. The molecule has 0 unspecified atom stereocenters. The molecule has 1 aromatic rings. The van der Waals surface area contributed by atoms with E-state index >= 15 is 0 Å². The molecular formula is C8H8F2S. The highest BCUT2D eigenvalue weighted by atomic mass is 32.2. The number of benzene rings is 1. The molecule has 0 aromatic heterocycles. The Labute approximate surface area is 68.6 Å². The van der Waals surface area contributed by atoms with Gasteiger partial charge < -0.3 is 0 Å². The molecule has 0 aliphatic rings. The third-order valence-electron chi connectivity index (χ3n) is 1.45. The molecule has 60 valence electrons. The van der Waals surface area contributed by atoms with Crippen molar-refractivity contribution < 1.29 is 8.78 Å². The molecular weight excluding hydrogens is 166 g/mol. The summed E-state index contributed by atoms with van der Waals surface area (Å²) in [6.45, 7) is 1.62. The van der Waals surface area contributed by atoms with Gasteiger partial charge in [0, 0.05) is 0 Å². The second kappa shape index (κ2) is 3.22. The molecule has 0 N–H and O–H groups in total. The molecule has 0 aliphatic carbocycles. The molecule has 1 aromatic carbocycles. The Bertz CT molecular complexity index is 271. The highest BCUT2D eigenvalue weighted by molar-refractivity contribution is 7.98. The van der Waals surface area contributed by atoms with Crippen LogP contribution in [0.2, 0.25) is 0 Å². The number of hydrogen-bond donors (Lipinski definition) is 0. The van der Waals surface area contributed by atoms with E-state index in [9.17, 15) is 8.78 Å². The van der Waals surface area contributed by atoms with E-state index < -0.39 is 11.6 Å². The van der Waals surface area contributed by atoms with Gasteiger partial charge in [-0.2, -0.15) is 0 Å². The topological polar surface area (TPSA) is 0 Å². The minimum atomic E-state index is -0.486. The molecule has 0 fully saturated rings. The van der Waals surface area contributed by atoms with Crippen molar-refractivity contribution in [1.82, 2.24) is 0 Å². The molecule has 11 heavy (non-hydrogen) atoms. The maximum atomic E-state index is 13.0. The molecule has 0 heterocycles. The molecule has 0 atom stereocenters. The van der Waals surface area contributed by atoms with Crippen molar-refractivity contribution in [3.8, 4) is 0 Å². The summed E-state index contributed by atoms with van der Waals surface area (Å²) in [7, 11) is 0. The number of thioether (sulfide) groups is 1. The van der Waals surface area contributed by atoms with E-state index in [4.69, 9.17) is 0 Å². The maximum Gasteiger partial charge on any atom is 0.142 e. The van der Waals surface area contributed by atoms with Crippen LogP contribution in [0.25, 0.3) is 0 Å². The molecule has 0 aliphatic heterocycles. The molecule has 1 rings (SSSR count). The van der Waals surface area contributed by atoms with Crippen LogP contribution in [0.5, 0.6) is 0 Å². The standard InChI is InChI=1S/C8H8F2S/c1-5-3-4-6(9)8(11-2)7(5)10/h3-4H,1-2H3. The smallest absolute Gasteiger partial charge is 0.142 e. The van der Waals surface area contributed by atoms with E-state index in [1.807, 2.05) is 0 Å². The van der Waals surface area contributed by atoms with Crippen LogP contribution in [0, 0.1) is 18.6 Å². The zero-order valence-corrected chi connectivity index (χ0v) is 7.14. The fourth-order valence-corrected chi connectivity index (χ4v) is 1.42. The largest absolute Gasteiger partial charge is 0.206 e. The molecule has 0 nitrogen and oxygen atoms in total. The summed E-state index contributed by atoms with van der Waals surface area (Å²) >= 11 is 1.09. The normalized spacial score (nSPS) is 10.2. The van der Waals surface area contributed by atoms with Crippen LogP contribution in [0.1, 0.15) is 5.56 Å². The predicted octanol–water partition coefficient (Wildman–Crippen LogP) is 3.00. The summed E-state index contributed by atoms with van der Waals surface area (Å²) in [5.74, 6) is -0.932. The van der Waals surface area contributed by atoms with Crippen molar-refractivity contribution >= 4 is 11.8 Å². The van der Waals surface area contributed by atoms with Crippen molar-refractivity contribution in [3.05, 3.63) is 29.3 Å². The molecule has 0 saturated carbocycles. The summed E-state index contributed by atoms with van der Waals surface area (Å²) < 4.78 is 25.8. The van der Waals surface area contributed by atoms with E-state index in [1.54, 1.807) is 13.2 Å². The molecule has 0 saturated heterocycles. The van der Waals surface area contributed by atoms with E-state index in [0.29, 0.717) is 5.56 Å². The van der Waals surface area contributed by atoms with E-state index in [2.05, 4.69) is 0 Å². The molecule has 0 spiro atoms. The minimum Gasteiger partial charge on any atom is -0.206 e. The van der Waals surface area contributed by atoms with Gasteiger partial charge in [0.25, 0.3) is 0 Å². The van der Waals surface area contributed by atoms with Crippen LogP contribution >= 0.6 is 11.8 Å². The highest BCUT2D eigenvalue weighted by Crippen LogP contribution is 2.24. The SMILES string of the molecule is CSc1c(F)ccc(C)c1F. The van der Waals surface area contributed by atoms with Crippen LogP contribution in [-0.4, -0.2) is 6.26 Å². The van der Waals surface area contributed by atoms with Crippen molar-refractivity contribution in [2.75, 3.05) is 6.26 Å². The lowest BCUT2D eigenvalue weighted by Crippen LogP contribution is -1.89. The lowest BCUT2D eigenvalue weighted by atomic mass is 10.2. The molecule has 0 bridgehead atoms. The van der Waals surface area contributed by atoms with Crippen molar-refractivity contribution in [2.45, 2.75) is 11.8 Å². The Morgan fingerprint density at radius 2 is 1.91 bits per heavy atom. The van der Waals surface area contributed by atoms with Gasteiger partial charge in [0.15, 0.2) is 0 Å². The lowest BCUT2D eigenvalue weighted by Gasteiger charge is -2.02. The van der Waals surface area contributed by atoms with Gasteiger partial charge >= 0.3 is 0 Å². The highest BCUT2D eigenvalue weighted by Gasteiger charge is 2.08. The first kappa shape index (κ1) is 8.53. The van der Waals surface area contributed by atoms with Crippen molar-refractivity contribution in [1.29, 1.82) is 0 Å². The van der Waals surface area contributed by atoms with Crippen LogP contribution < -0.4 is 0 Å². The average Bonchev–Trinajstić information content (AvgIpc) is 1.99. The second-order valence-corrected chi connectivity index (χ2v) is 3.03. The maximum absolute atomic E-state index is 13.0. The number of rotatable bonds is 1. The zero-order chi connectivity index (χ0) is 8.43. The van der Waals surface area contributed by atoms with E-state index in [0.717, 1.165) is 11.8 Å². The fourth-order valence-electron chi connectivity index (χ4n) is 0.818. The molecule has 3 heteroatoms. The van der Waals surface area contributed by atoms with Crippen LogP contribution in [0.4, 0.5) is 8.78 Å². The fraction of sp³-hybridized carbons (Fsp3) is 0.250. The Hall–Kier alpha value is -0.570. The number of hydrogen-bond acceptors (Lipinski definition) is 1. The predicted molar refractivity (Wildman–Crippen MR) is 42.9 cm³/mol. The molecule has 0 amide bonds. The summed E-state index contributed by atoms with van der Waals surface area (Å²) in [5, 5.41) is 0. The summed E-state index contributed by atoms with van der Waals surface area (Å²) in [6.07, 6.45) is 1.65. The number of aryl methyl sites for hydroxylation is 1.